The molecule has 0 bridgehead atoms. The van der Waals surface area contributed by atoms with Crippen molar-refractivity contribution in [3.8, 4) is 0 Å². The highest BCUT2D eigenvalue weighted by molar-refractivity contribution is 7.10. The summed E-state index contributed by atoms with van der Waals surface area (Å²) in [6.07, 6.45) is 2.77. The van der Waals surface area contributed by atoms with Crippen molar-refractivity contribution in [2.45, 2.75) is 31.5 Å². The molecule has 1 amide bonds. The summed E-state index contributed by atoms with van der Waals surface area (Å²) in [5.74, 6) is 0.186. The Balaban J connectivity index is 1.44. The van der Waals surface area contributed by atoms with Gasteiger partial charge < -0.3 is 10.4 Å². The zero-order valence-electron chi connectivity index (χ0n) is 14.0. The van der Waals surface area contributed by atoms with Crippen molar-refractivity contribution in [2.24, 2.45) is 5.92 Å². The Morgan fingerprint density at radius 2 is 2.12 bits per heavy atom. The molecule has 0 aliphatic heterocycles. The first kappa shape index (κ1) is 16.9. The molecule has 1 aromatic carbocycles. The van der Waals surface area contributed by atoms with E-state index < -0.39 is 0 Å². The zero-order chi connectivity index (χ0) is 17.9. The number of hydrogen-bond acceptors (Lipinski definition) is 6. The predicted molar refractivity (Wildman–Crippen MR) is 96.6 cm³/mol. The summed E-state index contributed by atoms with van der Waals surface area (Å²) >= 11 is 1.63. The third-order valence-corrected chi connectivity index (χ3v) is 5.66. The Morgan fingerprint density at radius 1 is 1.31 bits per heavy atom. The first-order valence-corrected chi connectivity index (χ1v) is 9.39. The Bertz CT molecular complexity index is 842. The number of thiophene rings is 1. The van der Waals surface area contributed by atoms with Gasteiger partial charge in [-0.1, -0.05) is 18.2 Å². The van der Waals surface area contributed by atoms with E-state index in [9.17, 15) is 9.90 Å². The van der Waals surface area contributed by atoms with Gasteiger partial charge in [0, 0.05) is 10.4 Å². The van der Waals surface area contributed by atoms with Gasteiger partial charge in [0.25, 0.3) is 5.91 Å². The summed E-state index contributed by atoms with van der Waals surface area (Å²) in [4.78, 5) is 13.8. The third kappa shape index (κ3) is 3.66. The molecule has 0 radical (unpaired) electrons. The Morgan fingerprint density at radius 3 is 2.73 bits per heavy atom. The molecule has 2 aromatic heterocycles. The van der Waals surface area contributed by atoms with Gasteiger partial charge in [0.1, 0.15) is 6.33 Å². The highest BCUT2D eigenvalue weighted by Gasteiger charge is 2.36. The van der Waals surface area contributed by atoms with Crippen molar-refractivity contribution in [3.63, 3.8) is 0 Å². The van der Waals surface area contributed by atoms with Gasteiger partial charge in [0.2, 0.25) is 0 Å². The number of aliphatic hydroxyl groups excluding tert-OH is 1. The Hall–Kier alpha value is -2.58. The van der Waals surface area contributed by atoms with Gasteiger partial charge >= 0.3 is 0 Å². The SMILES string of the molecule is O=C(N[C@@H](c1cccs1)C1CC(O)C1)c1ccc(Cn2cnnn2)cc1. The quantitative estimate of drug-likeness (QED) is 0.693. The van der Waals surface area contributed by atoms with Crippen LogP contribution in [0, 0.1) is 5.92 Å². The van der Waals surface area contributed by atoms with Gasteiger partial charge in [-0.3, -0.25) is 4.79 Å². The smallest absolute Gasteiger partial charge is 0.251 e. The number of amides is 1. The second-order valence-electron chi connectivity index (χ2n) is 6.56. The molecule has 1 atom stereocenters. The molecule has 134 valence electrons. The summed E-state index contributed by atoms with van der Waals surface area (Å²) < 4.78 is 1.63. The fourth-order valence-electron chi connectivity index (χ4n) is 3.22. The number of carbonyl (C=O) groups excluding carboxylic acids is 1. The molecule has 7 nitrogen and oxygen atoms in total. The van der Waals surface area contributed by atoms with Gasteiger partial charge in [-0.05, 0) is 58.3 Å². The van der Waals surface area contributed by atoms with E-state index in [4.69, 9.17) is 0 Å². The molecule has 1 aliphatic carbocycles. The predicted octanol–water partition coefficient (Wildman–Crippen LogP) is 2.02. The van der Waals surface area contributed by atoms with Crippen LogP contribution in [0.5, 0.6) is 0 Å². The van der Waals surface area contributed by atoms with E-state index >= 15 is 0 Å². The maximum Gasteiger partial charge on any atom is 0.251 e. The number of hydrogen-bond donors (Lipinski definition) is 2. The lowest BCUT2D eigenvalue weighted by atomic mass is 9.76. The van der Waals surface area contributed by atoms with Crippen LogP contribution in [0.25, 0.3) is 0 Å². The monoisotopic (exact) mass is 369 g/mol. The van der Waals surface area contributed by atoms with E-state index in [0.29, 0.717) is 12.1 Å². The van der Waals surface area contributed by atoms with Crippen LogP contribution < -0.4 is 5.32 Å². The topological polar surface area (TPSA) is 92.9 Å². The van der Waals surface area contributed by atoms with Crippen molar-refractivity contribution in [1.82, 2.24) is 25.5 Å². The number of nitrogens with zero attached hydrogens (tertiary/aromatic N) is 4. The van der Waals surface area contributed by atoms with Crippen molar-refractivity contribution in [2.75, 3.05) is 0 Å². The van der Waals surface area contributed by atoms with Crippen LogP contribution in [0.2, 0.25) is 0 Å². The second kappa shape index (κ2) is 7.35. The normalized spacial score (nSPS) is 20.3. The largest absolute Gasteiger partial charge is 0.393 e. The molecule has 26 heavy (non-hydrogen) atoms. The van der Waals surface area contributed by atoms with Crippen molar-refractivity contribution >= 4 is 17.2 Å². The highest BCUT2D eigenvalue weighted by atomic mass is 32.1. The summed E-state index contributed by atoms with van der Waals surface area (Å²) in [6.45, 7) is 0.562. The van der Waals surface area contributed by atoms with Crippen molar-refractivity contribution in [1.29, 1.82) is 0 Å². The van der Waals surface area contributed by atoms with Crippen LogP contribution in [0.1, 0.15) is 39.7 Å². The number of tetrazole rings is 1. The molecule has 1 fully saturated rings. The van der Waals surface area contributed by atoms with Crippen molar-refractivity contribution in [3.05, 3.63) is 64.1 Å². The van der Waals surface area contributed by atoms with E-state index in [-0.39, 0.29) is 24.0 Å². The molecule has 4 rings (SSSR count). The first-order valence-electron chi connectivity index (χ1n) is 8.51. The van der Waals surface area contributed by atoms with Crippen LogP contribution in [0.3, 0.4) is 0 Å². The standard InChI is InChI=1S/C18H19N5O2S/c24-15-8-14(9-15)17(16-2-1-7-26-16)20-18(25)13-5-3-12(4-6-13)10-23-11-19-21-22-23/h1-7,11,14-15,17,24H,8-10H2,(H,20,25)/t14?,15?,17-/m1/s1. The molecular formula is C18H19N5O2S. The first-order chi connectivity index (χ1) is 12.7. The summed E-state index contributed by atoms with van der Waals surface area (Å²) in [5.41, 5.74) is 1.64. The molecule has 1 aliphatic rings. The number of aliphatic hydroxyl groups is 1. The summed E-state index contributed by atoms with van der Waals surface area (Å²) in [6, 6.07) is 11.4. The van der Waals surface area contributed by atoms with Gasteiger partial charge in [-0.2, -0.15) is 0 Å². The number of benzene rings is 1. The van der Waals surface area contributed by atoms with Crippen LogP contribution in [0.15, 0.2) is 48.1 Å². The number of aromatic nitrogens is 4. The van der Waals surface area contributed by atoms with Gasteiger partial charge in [-0.15, -0.1) is 16.4 Å². The third-order valence-electron chi connectivity index (χ3n) is 4.71. The summed E-state index contributed by atoms with van der Waals surface area (Å²) in [7, 11) is 0. The molecule has 0 unspecified atom stereocenters. The maximum absolute atomic E-state index is 12.7. The Labute approximate surface area is 154 Å². The average Bonchev–Trinajstić information content (AvgIpc) is 3.31. The lowest BCUT2D eigenvalue weighted by Gasteiger charge is -2.37. The molecule has 0 spiro atoms. The lowest BCUT2D eigenvalue weighted by Crippen LogP contribution is -2.41. The molecule has 3 aromatic rings. The number of nitrogens with one attached hydrogen (secondary N) is 1. The minimum Gasteiger partial charge on any atom is -0.393 e. The Kier molecular flexibility index (Phi) is 4.77. The lowest BCUT2D eigenvalue weighted by molar-refractivity contribution is 0.0241. The second-order valence-corrected chi connectivity index (χ2v) is 7.54. The summed E-state index contributed by atoms with van der Waals surface area (Å²) in [5, 5.41) is 25.8. The minimum absolute atomic E-state index is 0.0493. The van der Waals surface area contributed by atoms with Crippen LogP contribution in [-0.4, -0.2) is 37.3 Å². The van der Waals surface area contributed by atoms with Crippen LogP contribution in [0.4, 0.5) is 0 Å². The van der Waals surface area contributed by atoms with E-state index in [0.717, 1.165) is 23.3 Å². The van der Waals surface area contributed by atoms with E-state index in [1.54, 1.807) is 22.3 Å². The van der Waals surface area contributed by atoms with Gasteiger partial charge in [0.15, 0.2) is 0 Å². The van der Waals surface area contributed by atoms with Gasteiger partial charge in [-0.25, -0.2) is 4.68 Å². The number of carbonyl (C=O) groups is 1. The molecule has 8 heteroatoms. The van der Waals surface area contributed by atoms with Crippen molar-refractivity contribution < 1.29 is 9.90 Å². The highest BCUT2D eigenvalue weighted by Crippen LogP contribution is 2.39. The molecule has 2 heterocycles. The van der Waals surface area contributed by atoms with E-state index in [1.807, 2.05) is 41.8 Å². The molecule has 1 saturated carbocycles. The molecular weight excluding hydrogens is 350 g/mol. The fraction of sp³-hybridized carbons (Fsp3) is 0.333. The van der Waals surface area contributed by atoms with E-state index in [1.165, 1.54) is 0 Å². The average molecular weight is 369 g/mol. The van der Waals surface area contributed by atoms with Gasteiger partial charge in [0.05, 0.1) is 18.7 Å². The molecule has 2 N–H and O–H groups in total. The van der Waals surface area contributed by atoms with Crippen LogP contribution >= 0.6 is 11.3 Å². The maximum atomic E-state index is 12.7. The van der Waals surface area contributed by atoms with Crippen LogP contribution in [-0.2, 0) is 6.54 Å². The fourth-order valence-corrected chi connectivity index (χ4v) is 4.09. The zero-order valence-corrected chi connectivity index (χ0v) is 14.8. The minimum atomic E-state index is -0.245. The molecule has 0 saturated heterocycles. The van der Waals surface area contributed by atoms with E-state index in [2.05, 4.69) is 20.8 Å². The number of rotatable bonds is 6.